The van der Waals surface area contributed by atoms with Gasteiger partial charge in [-0.15, -0.1) is 0 Å². The van der Waals surface area contributed by atoms with E-state index in [9.17, 15) is 27.2 Å². The van der Waals surface area contributed by atoms with Crippen LogP contribution in [0.25, 0.3) is 0 Å². The summed E-state index contributed by atoms with van der Waals surface area (Å²) in [6.07, 6.45) is -4.33. The van der Waals surface area contributed by atoms with Crippen LogP contribution in [0.15, 0.2) is 18.2 Å². The van der Waals surface area contributed by atoms with E-state index in [1.54, 1.807) is 6.92 Å². The second-order valence-electron chi connectivity index (χ2n) is 4.35. The second-order valence-corrected chi connectivity index (χ2v) is 4.35. The van der Waals surface area contributed by atoms with Gasteiger partial charge in [-0.25, -0.2) is 9.18 Å². The SMILES string of the molecule is CCC[C@@H](NC(=O)c1ccc(F)c(C(F)(F)F)c1)C(=O)O. The fourth-order valence-corrected chi connectivity index (χ4v) is 1.67. The minimum absolute atomic E-state index is 0.133. The number of carboxylic acids is 1. The highest BCUT2D eigenvalue weighted by Gasteiger charge is 2.34. The molecule has 0 bridgehead atoms. The minimum atomic E-state index is -4.93. The van der Waals surface area contributed by atoms with Crippen LogP contribution in [0.2, 0.25) is 0 Å². The van der Waals surface area contributed by atoms with Crippen LogP contribution in [0.5, 0.6) is 0 Å². The van der Waals surface area contributed by atoms with Gasteiger partial charge < -0.3 is 10.4 Å². The topological polar surface area (TPSA) is 66.4 Å². The summed E-state index contributed by atoms with van der Waals surface area (Å²) in [5.41, 5.74) is -2.02. The van der Waals surface area contributed by atoms with Crippen molar-refractivity contribution >= 4 is 11.9 Å². The largest absolute Gasteiger partial charge is 0.480 e. The Morgan fingerprint density at radius 1 is 1.33 bits per heavy atom. The summed E-state index contributed by atoms with van der Waals surface area (Å²) in [6, 6.07) is 0.537. The van der Waals surface area contributed by atoms with Crippen LogP contribution in [-0.4, -0.2) is 23.0 Å². The van der Waals surface area contributed by atoms with E-state index in [0.29, 0.717) is 18.6 Å². The van der Waals surface area contributed by atoms with Crippen LogP contribution in [0.1, 0.15) is 35.7 Å². The monoisotopic (exact) mass is 307 g/mol. The Morgan fingerprint density at radius 3 is 2.43 bits per heavy atom. The molecule has 116 valence electrons. The lowest BCUT2D eigenvalue weighted by Gasteiger charge is -2.14. The van der Waals surface area contributed by atoms with Crippen LogP contribution >= 0.6 is 0 Å². The van der Waals surface area contributed by atoms with Gasteiger partial charge in [0.1, 0.15) is 11.9 Å². The fourth-order valence-electron chi connectivity index (χ4n) is 1.67. The Labute approximate surface area is 117 Å². The predicted molar refractivity (Wildman–Crippen MR) is 65.2 cm³/mol. The summed E-state index contributed by atoms with van der Waals surface area (Å²) < 4.78 is 50.7. The van der Waals surface area contributed by atoms with Crippen molar-refractivity contribution in [2.75, 3.05) is 0 Å². The fraction of sp³-hybridized carbons (Fsp3) is 0.385. The number of carboxylic acid groups (broad SMARTS) is 1. The first-order valence-electron chi connectivity index (χ1n) is 6.07. The number of nitrogens with one attached hydrogen (secondary N) is 1. The highest BCUT2D eigenvalue weighted by molar-refractivity contribution is 5.96. The van der Waals surface area contributed by atoms with Gasteiger partial charge in [-0.2, -0.15) is 13.2 Å². The molecule has 0 saturated carbocycles. The van der Waals surface area contributed by atoms with Crippen molar-refractivity contribution in [1.29, 1.82) is 0 Å². The van der Waals surface area contributed by atoms with Crippen LogP contribution in [0.3, 0.4) is 0 Å². The molecule has 0 aliphatic heterocycles. The number of alkyl halides is 3. The normalized spacial score (nSPS) is 12.8. The molecule has 21 heavy (non-hydrogen) atoms. The van der Waals surface area contributed by atoms with Crippen LogP contribution in [-0.2, 0) is 11.0 Å². The number of rotatable bonds is 5. The molecule has 0 aromatic heterocycles. The Kier molecular flexibility index (Phi) is 5.28. The third-order valence-corrected chi connectivity index (χ3v) is 2.71. The zero-order valence-electron chi connectivity index (χ0n) is 11.0. The molecule has 8 heteroatoms. The summed E-state index contributed by atoms with van der Waals surface area (Å²) >= 11 is 0. The lowest BCUT2D eigenvalue weighted by molar-refractivity contribution is -0.140. The Morgan fingerprint density at radius 2 is 1.95 bits per heavy atom. The molecule has 1 aromatic carbocycles. The molecule has 1 amide bonds. The first kappa shape index (κ1) is 16.9. The number of hydrogen-bond acceptors (Lipinski definition) is 2. The maximum atomic E-state index is 13.1. The van der Waals surface area contributed by atoms with E-state index in [-0.39, 0.29) is 6.42 Å². The molecular weight excluding hydrogens is 294 g/mol. The summed E-state index contributed by atoms with van der Waals surface area (Å²) in [7, 11) is 0. The number of benzene rings is 1. The molecule has 0 aliphatic rings. The Hall–Kier alpha value is -2.12. The van der Waals surface area contributed by atoms with Crippen molar-refractivity contribution in [3.05, 3.63) is 35.1 Å². The van der Waals surface area contributed by atoms with Gasteiger partial charge in [0.05, 0.1) is 5.56 Å². The van der Waals surface area contributed by atoms with E-state index < -0.39 is 41.0 Å². The van der Waals surface area contributed by atoms with Crippen LogP contribution in [0.4, 0.5) is 17.6 Å². The second kappa shape index (κ2) is 6.55. The van der Waals surface area contributed by atoms with Crippen molar-refractivity contribution in [3.63, 3.8) is 0 Å². The molecule has 2 N–H and O–H groups in total. The maximum absolute atomic E-state index is 13.1. The highest BCUT2D eigenvalue weighted by atomic mass is 19.4. The average molecular weight is 307 g/mol. The quantitative estimate of drug-likeness (QED) is 0.822. The average Bonchev–Trinajstić information content (AvgIpc) is 2.37. The number of carbonyl (C=O) groups excluding carboxylic acids is 1. The Balaban J connectivity index is 3.00. The summed E-state index contributed by atoms with van der Waals surface area (Å²) in [5.74, 6) is -3.79. The zero-order chi connectivity index (χ0) is 16.2. The van der Waals surface area contributed by atoms with Crippen molar-refractivity contribution in [2.45, 2.75) is 32.0 Å². The molecule has 1 rings (SSSR count). The third-order valence-electron chi connectivity index (χ3n) is 2.71. The lowest BCUT2D eigenvalue weighted by Crippen LogP contribution is -2.40. The predicted octanol–water partition coefficient (Wildman–Crippen LogP) is 2.83. The van der Waals surface area contributed by atoms with Crippen LogP contribution < -0.4 is 5.32 Å². The van der Waals surface area contributed by atoms with Gasteiger partial charge in [0, 0.05) is 5.56 Å². The standard InChI is InChI=1S/C13H13F4NO3/c1-2-3-10(12(20)21)18-11(19)7-4-5-9(14)8(6-7)13(15,16)17/h4-6,10H,2-3H2,1H3,(H,18,19)(H,20,21)/t10-/m1/s1. The first-order chi connectivity index (χ1) is 9.66. The van der Waals surface area contributed by atoms with Gasteiger partial charge in [-0.3, -0.25) is 4.79 Å². The molecule has 1 atom stereocenters. The number of carbonyl (C=O) groups is 2. The zero-order valence-corrected chi connectivity index (χ0v) is 11.0. The molecular formula is C13H13F4NO3. The van der Waals surface area contributed by atoms with Gasteiger partial charge in [0.2, 0.25) is 0 Å². The van der Waals surface area contributed by atoms with Gasteiger partial charge in [0.25, 0.3) is 5.91 Å². The van der Waals surface area contributed by atoms with Crippen molar-refractivity contribution < 1.29 is 32.3 Å². The van der Waals surface area contributed by atoms with Gasteiger partial charge in [-0.1, -0.05) is 13.3 Å². The maximum Gasteiger partial charge on any atom is 0.419 e. The van der Waals surface area contributed by atoms with E-state index in [4.69, 9.17) is 5.11 Å². The summed E-state index contributed by atoms with van der Waals surface area (Å²) in [6.45, 7) is 1.70. The summed E-state index contributed by atoms with van der Waals surface area (Å²) in [4.78, 5) is 22.6. The molecule has 0 fully saturated rings. The molecule has 1 aromatic rings. The number of amides is 1. The Bertz CT molecular complexity index is 543. The van der Waals surface area contributed by atoms with E-state index in [2.05, 4.69) is 5.32 Å². The number of halogens is 4. The van der Waals surface area contributed by atoms with Crippen molar-refractivity contribution in [2.24, 2.45) is 0 Å². The van der Waals surface area contributed by atoms with E-state index in [1.807, 2.05) is 0 Å². The lowest BCUT2D eigenvalue weighted by atomic mass is 10.1. The molecule has 0 unspecified atom stereocenters. The summed E-state index contributed by atoms with van der Waals surface area (Å²) in [5, 5.41) is 11.0. The molecule has 0 radical (unpaired) electrons. The molecule has 0 spiro atoms. The third kappa shape index (κ3) is 4.44. The smallest absolute Gasteiger partial charge is 0.419 e. The van der Waals surface area contributed by atoms with Crippen LogP contribution in [0, 0.1) is 5.82 Å². The molecule has 0 heterocycles. The van der Waals surface area contributed by atoms with Crippen molar-refractivity contribution in [3.8, 4) is 0 Å². The van der Waals surface area contributed by atoms with E-state index in [1.165, 1.54) is 0 Å². The number of hydrogen-bond donors (Lipinski definition) is 2. The molecule has 4 nitrogen and oxygen atoms in total. The van der Waals surface area contributed by atoms with Gasteiger partial charge >= 0.3 is 12.1 Å². The molecule has 0 aliphatic carbocycles. The molecule has 0 saturated heterocycles. The van der Waals surface area contributed by atoms with Gasteiger partial charge in [-0.05, 0) is 24.6 Å². The minimum Gasteiger partial charge on any atom is -0.480 e. The number of aliphatic carboxylic acids is 1. The van der Waals surface area contributed by atoms with Gasteiger partial charge in [0.15, 0.2) is 0 Å². The van der Waals surface area contributed by atoms with E-state index in [0.717, 1.165) is 6.07 Å². The van der Waals surface area contributed by atoms with Crippen molar-refractivity contribution in [1.82, 2.24) is 5.32 Å². The first-order valence-corrected chi connectivity index (χ1v) is 6.07. The highest BCUT2D eigenvalue weighted by Crippen LogP contribution is 2.31. The van der Waals surface area contributed by atoms with E-state index >= 15 is 0 Å².